The van der Waals surface area contributed by atoms with Gasteiger partial charge in [-0.05, 0) is 32.0 Å². The molecule has 0 unspecified atom stereocenters. The number of nitrogens with one attached hydrogen (secondary N) is 1. The van der Waals surface area contributed by atoms with Crippen molar-refractivity contribution in [1.29, 1.82) is 0 Å². The zero-order chi connectivity index (χ0) is 13.8. The molecule has 0 atom stereocenters. The highest BCUT2D eigenvalue weighted by atomic mass is 79.9. The molecule has 1 aromatic rings. The van der Waals surface area contributed by atoms with Gasteiger partial charge in [0.2, 0.25) is 0 Å². The zero-order valence-corrected chi connectivity index (χ0v) is 12.6. The van der Waals surface area contributed by atoms with Crippen molar-refractivity contribution in [2.75, 3.05) is 26.1 Å². The molecule has 0 spiro atoms. The molecule has 0 aliphatic heterocycles. The lowest BCUT2D eigenvalue weighted by molar-refractivity contribution is -0.149. The molecule has 5 heteroatoms. The summed E-state index contributed by atoms with van der Waals surface area (Å²) < 4.78 is 11.0. The molecule has 0 radical (unpaired) electrons. The Kier molecular flexibility index (Phi) is 5.02. The van der Waals surface area contributed by atoms with Gasteiger partial charge in [0.1, 0.15) is 5.75 Å². The van der Waals surface area contributed by atoms with Crippen molar-refractivity contribution in [2.45, 2.75) is 13.8 Å². The number of ether oxygens (including phenoxy) is 2. The van der Waals surface area contributed by atoms with Crippen LogP contribution < -0.4 is 10.1 Å². The van der Waals surface area contributed by atoms with Crippen molar-refractivity contribution in [3.05, 3.63) is 22.7 Å². The Balaban J connectivity index is 2.80. The standard InChI is InChI=1S/C13H18BrNO3/c1-13(2,12(16)18-4)8-15-10-7-9(14)5-6-11(10)17-3/h5-7,15H,8H2,1-4H3. The van der Waals surface area contributed by atoms with Crippen LogP contribution in [0.3, 0.4) is 0 Å². The fraction of sp³-hybridized carbons (Fsp3) is 0.462. The molecule has 0 amide bonds. The van der Waals surface area contributed by atoms with E-state index in [-0.39, 0.29) is 5.97 Å². The van der Waals surface area contributed by atoms with Crippen molar-refractivity contribution in [2.24, 2.45) is 5.41 Å². The van der Waals surface area contributed by atoms with E-state index in [4.69, 9.17) is 9.47 Å². The van der Waals surface area contributed by atoms with E-state index in [1.165, 1.54) is 7.11 Å². The van der Waals surface area contributed by atoms with E-state index < -0.39 is 5.41 Å². The molecule has 0 saturated heterocycles. The van der Waals surface area contributed by atoms with E-state index in [1.54, 1.807) is 7.11 Å². The maximum atomic E-state index is 11.6. The Morgan fingerprint density at radius 2 is 2.06 bits per heavy atom. The first-order valence-electron chi connectivity index (χ1n) is 5.56. The summed E-state index contributed by atoms with van der Waals surface area (Å²) in [7, 11) is 3.00. The van der Waals surface area contributed by atoms with Crippen LogP contribution in [0.4, 0.5) is 5.69 Å². The fourth-order valence-electron chi connectivity index (χ4n) is 1.48. The van der Waals surface area contributed by atoms with Crippen molar-refractivity contribution in [3.8, 4) is 5.75 Å². The Morgan fingerprint density at radius 3 is 2.61 bits per heavy atom. The topological polar surface area (TPSA) is 47.6 Å². The molecule has 0 fully saturated rings. The van der Waals surface area contributed by atoms with Crippen molar-refractivity contribution < 1.29 is 14.3 Å². The van der Waals surface area contributed by atoms with Crippen LogP contribution in [0.1, 0.15) is 13.8 Å². The lowest BCUT2D eigenvalue weighted by Gasteiger charge is -2.23. The number of hydrogen-bond acceptors (Lipinski definition) is 4. The second-order valence-corrected chi connectivity index (χ2v) is 5.49. The van der Waals surface area contributed by atoms with Gasteiger partial charge in [0, 0.05) is 11.0 Å². The van der Waals surface area contributed by atoms with E-state index in [1.807, 2.05) is 32.0 Å². The highest BCUT2D eigenvalue weighted by Gasteiger charge is 2.28. The van der Waals surface area contributed by atoms with E-state index in [9.17, 15) is 4.79 Å². The van der Waals surface area contributed by atoms with Crippen LogP contribution in [0.2, 0.25) is 0 Å². The second-order valence-electron chi connectivity index (χ2n) is 4.57. The van der Waals surface area contributed by atoms with Crippen LogP contribution in [0, 0.1) is 5.41 Å². The highest BCUT2D eigenvalue weighted by Crippen LogP contribution is 2.29. The maximum Gasteiger partial charge on any atom is 0.313 e. The largest absolute Gasteiger partial charge is 0.495 e. The van der Waals surface area contributed by atoms with Crippen molar-refractivity contribution in [1.82, 2.24) is 0 Å². The van der Waals surface area contributed by atoms with Gasteiger partial charge in [-0.2, -0.15) is 0 Å². The molecular weight excluding hydrogens is 298 g/mol. The number of anilines is 1. The monoisotopic (exact) mass is 315 g/mol. The molecule has 4 nitrogen and oxygen atoms in total. The number of benzene rings is 1. The van der Waals surface area contributed by atoms with Gasteiger partial charge in [-0.25, -0.2) is 0 Å². The third-order valence-corrected chi connectivity index (χ3v) is 3.11. The molecule has 1 aromatic carbocycles. The molecule has 0 heterocycles. The van der Waals surface area contributed by atoms with Gasteiger partial charge < -0.3 is 14.8 Å². The number of carbonyl (C=O) groups excluding carboxylic acids is 1. The number of rotatable bonds is 5. The van der Waals surface area contributed by atoms with E-state index in [0.717, 1.165) is 15.9 Å². The Labute approximate surface area is 116 Å². The van der Waals surface area contributed by atoms with Crippen LogP contribution in [0.15, 0.2) is 22.7 Å². The number of hydrogen-bond donors (Lipinski definition) is 1. The van der Waals surface area contributed by atoms with Crippen LogP contribution >= 0.6 is 15.9 Å². The predicted molar refractivity (Wildman–Crippen MR) is 75.0 cm³/mol. The number of halogens is 1. The summed E-state index contributed by atoms with van der Waals surface area (Å²) in [5.74, 6) is 0.489. The average Bonchev–Trinajstić information content (AvgIpc) is 2.35. The third-order valence-electron chi connectivity index (χ3n) is 2.62. The molecule has 100 valence electrons. The lowest BCUT2D eigenvalue weighted by Crippen LogP contribution is -2.33. The van der Waals surface area contributed by atoms with Gasteiger partial charge in [0.15, 0.2) is 0 Å². The number of esters is 1. The molecule has 0 saturated carbocycles. The molecule has 1 N–H and O–H groups in total. The Morgan fingerprint density at radius 1 is 1.39 bits per heavy atom. The smallest absolute Gasteiger partial charge is 0.313 e. The van der Waals surface area contributed by atoms with E-state index >= 15 is 0 Å². The minimum absolute atomic E-state index is 0.246. The Hall–Kier alpha value is -1.23. The van der Waals surface area contributed by atoms with Crippen molar-refractivity contribution >= 4 is 27.6 Å². The van der Waals surface area contributed by atoms with Crippen LogP contribution in [0.5, 0.6) is 5.75 Å². The second kappa shape index (κ2) is 6.09. The SMILES string of the molecule is COC(=O)C(C)(C)CNc1cc(Br)ccc1OC. The molecule has 0 aromatic heterocycles. The normalized spacial score (nSPS) is 10.9. The minimum atomic E-state index is -0.595. The summed E-state index contributed by atoms with van der Waals surface area (Å²) in [6, 6.07) is 5.67. The van der Waals surface area contributed by atoms with Gasteiger partial charge in [-0.1, -0.05) is 15.9 Å². The first-order chi connectivity index (χ1) is 8.40. The summed E-state index contributed by atoms with van der Waals surface area (Å²) in [6.07, 6.45) is 0. The maximum absolute atomic E-state index is 11.6. The summed E-state index contributed by atoms with van der Waals surface area (Å²) in [5.41, 5.74) is 0.242. The minimum Gasteiger partial charge on any atom is -0.495 e. The van der Waals surface area contributed by atoms with Gasteiger partial charge in [-0.3, -0.25) is 4.79 Å². The zero-order valence-electron chi connectivity index (χ0n) is 11.0. The Bertz CT molecular complexity index is 432. The van der Waals surface area contributed by atoms with Gasteiger partial charge >= 0.3 is 5.97 Å². The van der Waals surface area contributed by atoms with Crippen LogP contribution in [0.25, 0.3) is 0 Å². The summed E-state index contributed by atoms with van der Waals surface area (Å²) in [4.78, 5) is 11.6. The molecule has 0 aliphatic carbocycles. The predicted octanol–water partition coefficient (Wildman–Crippen LogP) is 3.07. The molecule has 1 rings (SSSR count). The first kappa shape index (κ1) is 14.8. The summed E-state index contributed by atoms with van der Waals surface area (Å²) in [5, 5.41) is 3.20. The summed E-state index contributed by atoms with van der Waals surface area (Å²) >= 11 is 3.40. The van der Waals surface area contributed by atoms with E-state index in [2.05, 4.69) is 21.2 Å². The fourth-order valence-corrected chi connectivity index (χ4v) is 1.84. The van der Waals surface area contributed by atoms with Gasteiger partial charge in [0.25, 0.3) is 0 Å². The molecule has 0 bridgehead atoms. The molecule has 18 heavy (non-hydrogen) atoms. The van der Waals surface area contributed by atoms with E-state index in [0.29, 0.717) is 6.54 Å². The lowest BCUT2D eigenvalue weighted by atomic mass is 9.93. The quantitative estimate of drug-likeness (QED) is 0.848. The molecular formula is C13H18BrNO3. The number of carbonyl (C=O) groups is 1. The molecule has 0 aliphatic rings. The third kappa shape index (κ3) is 3.63. The van der Waals surface area contributed by atoms with Gasteiger partial charge in [-0.15, -0.1) is 0 Å². The first-order valence-corrected chi connectivity index (χ1v) is 6.36. The summed E-state index contributed by atoms with van der Waals surface area (Å²) in [6.45, 7) is 4.12. The highest BCUT2D eigenvalue weighted by molar-refractivity contribution is 9.10. The van der Waals surface area contributed by atoms with Gasteiger partial charge in [0.05, 0.1) is 25.3 Å². The van der Waals surface area contributed by atoms with Crippen molar-refractivity contribution in [3.63, 3.8) is 0 Å². The van der Waals surface area contributed by atoms with Crippen LogP contribution in [-0.2, 0) is 9.53 Å². The van der Waals surface area contributed by atoms with Crippen LogP contribution in [-0.4, -0.2) is 26.7 Å². The number of methoxy groups -OCH3 is 2. The average molecular weight is 316 g/mol.